The Morgan fingerprint density at radius 1 is 1.10 bits per heavy atom. The van der Waals surface area contributed by atoms with Crippen molar-refractivity contribution in [2.45, 2.75) is 19.4 Å². The van der Waals surface area contributed by atoms with Crippen LogP contribution in [0.2, 0.25) is 0 Å². The number of nitrogens with one attached hydrogen (secondary N) is 1. The van der Waals surface area contributed by atoms with Gasteiger partial charge in [-0.3, -0.25) is 0 Å². The molecule has 0 fully saturated rings. The third kappa shape index (κ3) is 3.79. The number of hydrogen-bond acceptors (Lipinski definition) is 2. The van der Waals surface area contributed by atoms with Crippen molar-refractivity contribution in [2.75, 3.05) is 14.2 Å². The van der Waals surface area contributed by atoms with Gasteiger partial charge in [0.05, 0.1) is 7.11 Å². The second-order valence-corrected chi connectivity index (χ2v) is 5.05. The van der Waals surface area contributed by atoms with E-state index in [1.165, 1.54) is 12.1 Å². The minimum Gasteiger partial charge on any atom is -0.496 e. The van der Waals surface area contributed by atoms with Crippen LogP contribution in [0.1, 0.15) is 22.7 Å². The summed E-state index contributed by atoms with van der Waals surface area (Å²) in [5.41, 5.74) is 2.68. The van der Waals surface area contributed by atoms with Gasteiger partial charge in [0.1, 0.15) is 17.4 Å². The second-order valence-electron chi connectivity index (χ2n) is 5.05. The number of rotatable bonds is 5. The quantitative estimate of drug-likeness (QED) is 0.905. The van der Waals surface area contributed by atoms with Crippen LogP contribution in [0.3, 0.4) is 0 Å². The summed E-state index contributed by atoms with van der Waals surface area (Å²) >= 11 is 0. The Hall–Kier alpha value is -1.94. The number of benzene rings is 2. The van der Waals surface area contributed by atoms with Gasteiger partial charge in [-0.25, -0.2) is 8.78 Å². The van der Waals surface area contributed by atoms with Crippen LogP contribution in [0, 0.1) is 18.6 Å². The van der Waals surface area contributed by atoms with Crippen LogP contribution in [0.4, 0.5) is 8.78 Å². The lowest BCUT2D eigenvalue weighted by atomic mass is 9.97. The van der Waals surface area contributed by atoms with E-state index in [0.717, 1.165) is 22.9 Å². The molecule has 0 aliphatic carbocycles. The molecule has 2 nitrogen and oxygen atoms in total. The summed E-state index contributed by atoms with van der Waals surface area (Å²) in [4.78, 5) is 0. The summed E-state index contributed by atoms with van der Waals surface area (Å²) in [6.45, 7) is 1.97. The Labute approximate surface area is 123 Å². The Morgan fingerprint density at radius 3 is 2.33 bits per heavy atom. The summed E-state index contributed by atoms with van der Waals surface area (Å²) < 4.78 is 31.9. The highest BCUT2D eigenvalue weighted by Crippen LogP contribution is 2.25. The molecular weight excluding hydrogens is 272 g/mol. The van der Waals surface area contributed by atoms with E-state index in [2.05, 4.69) is 5.32 Å². The van der Waals surface area contributed by atoms with Gasteiger partial charge in [-0.1, -0.05) is 12.1 Å². The predicted molar refractivity (Wildman–Crippen MR) is 79.6 cm³/mol. The Morgan fingerprint density at radius 2 is 1.76 bits per heavy atom. The number of ether oxygens (including phenoxy) is 1. The fourth-order valence-corrected chi connectivity index (χ4v) is 2.40. The van der Waals surface area contributed by atoms with Gasteiger partial charge in [-0.05, 0) is 55.3 Å². The van der Waals surface area contributed by atoms with E-state index < -0.39 is 11.6 Å². The highest BCUT2D eigenvalue weighted by molar-refractivity contribution is 5.38. The molecule has 0 aromatic heterocycles. The van der Waals surface area contributed by atoms with Crippen molar-refractivity contribution < 1.29 is 13.5 Å². The van der Waals surface area contributed by atoms with E-state index in [9.17, 15) is 8.78 Å². The molecule has 0 aliphatic rings. The van der Waals surface area contributed by atoms with Crippen LogP contribution in [0.5, 0.6) is 5.75 Å². The summed E-state index contributed by atoms with van der Waals surface area (Å²) in [6, 6.07) is 9.48. The molecule has 2 aromatic carbocycles. The molecule has 0 saturated carbocycles. The average molecular weight is 291 g/mol. The van der Waals surface area contributed by atoms with E-state index in [4.69, 9.17) is 4.74 Å². The molecule has 1 unspecified atom stereocenters. The molecule has 2 aromatic rings. The zero-order valence-electron chi connectivity index (χ0n) is 12.4. The number of halogens is 2. The molecule has 0 aliphatic heterocycles. The zero-order chi connectivity index (χ0) is 15.4. The smallest absolute Gasteiger partial charge is 0.126 e. The predicted octanol–water partition coefficient (Wildman–Crippen LogP) is 3.79. The van der Waals surface area contributed by atoms with E-state index in [0.29, 0.717) is 12.0 Å². The first-order valence-corrected chi connectivity index (χ1v) is 6.80. The topological polar surface area (TPSA) is 21.3 Å². The second kappa shape index (κ2) is 6.68. The highest BCUT2D eigenvalue weighted by atomic mass is 19.1. The molecular formula is C17H19F2NO. The van der Waals surface area contributed by atoms with Crippen LogP contribution in [-0.4, -0.2) is 14.2 Å². The lowest BCUT2D eigenvalue weighted by Gasteiger charge is -2.18. The lowest BCUT2D eigenvalue weighted by molar-refractivity contribution is 0.410. The summed E-state index contributed by atoms with van der Waals surface area (Å²) in [5, 5.41) is 3.18. The SMILES string of the molecule is CNC(Cc1cc(F)cc(F)c1)c1ccc(C)c(OC)c1. The van der Waals surface area contributed by atoms with Crippen LogP contribution in [0.25, 0.3) is 0 Å². The molecule has 0 radical (unpaired) electrons. The maximum atomic E-state index is 13.3. The molecule has 1 atom stereocenters. The van der Waals surface area contributed by atoms with Crippen molar-refractivity contribution in [1.29, 1.82) is 0 Å². The van der Waals surface area contributed by atoms with Gasteiger partial charge in [0.2, 0.25) is 0 Å². The van der Waals surface area contributed by atoms with Crippen LogP contribution < -0.4 is 10.1 Å². The summed E-state index contributed by atoms with van der Waals surface area (Å²) in [5.74, 6) is -0.305. The van der Waals surface area contributed by atoms with Crippen LogP contribution >= 0.6 is 0 Å². The molecule has 4 heteroatoms. The van der Waals surface area contributed by atoms with Crippen molar-refractivity contribution in [2.24, 2.45) is 0 Å². The fraction of sp³-hybridized carbons (Fsp3) is 0.294. The molecule has 21 heavy (non-hydrogen) atoms. The number of hydrogen-bond donors (Lipinski definition) is 1. The highest BCUT2D eigenvalue weighted by Gasteiger charge is 2.13. The van der Waals surface area contributed by atoms with Crippen molar-refractivity contribution >= 4 is 0 Å². The maximum absolute atomic E-state index is 13.3. The van der Waals surface area contributed by atoms with Crippen molar-refractivity contribution in [3.8, 4) is 5.75 Å². The monoisotopic (exact) mass is 291 g/mol. The minimum absolute atomic E-state index is 0.0410. The van der Waals surface area contributed by atoms with Crippen molar-refractivity contribution in [3.63, 3.8) is 0 Å². The zero-order valence-corrected chi connectivity index (χ0v) is 12.4. The molecule has 0 saturated heterocycles. The van der Waals surface area contributed by atoms with Gasteiger partial charge in [-0.2, -0.15) is 0 Å². The largest absolute Gasteiger partial charge is 0.496 e. The summed E-state index contributed by atoms with van der Waals surface area (Å²) in [7, 11) is 3.45. The lowest BCUT2D eigenvalue weighted by Crippen LogP contribution is -2.19. The van der Waals surface area contributed by atoms with E-state index in [1.54, 1.807) is 7.11 Å². The Balaban J connectivity index is 2.27. The molecule has 0 spiro atoms. The van der Waals surface area contributed by atoms with Gasteiger partial charge >= 0.3 is 0 Å². The normalized spacial score (nSPS) is 12.2. The van der Waals surface area contributed by atoms with E-state index >= 15 is 0 Å². The van der Waals surface area contributed by atoms with Crippen molar-refractivity contribution in [3.05, 3.63) is 64.7 Å². The van der Waals surface area contributed by atoms with Gasteiger partial charge in [0, 0.05) is 12.1 Å². The molecule has 112 valence electrons. The Bertz CT molecular complexity index is 608. The van der Waals surface area contributed by atoms with Gasteiger partial charge in [0.15, 0.2) is 0 Å². The van der Waals surface area contributed by atoms with Gasteiger partial charge in [0.25, 0.3) is 0 Å². The van der Waals surface area contributed by atoms with Crippen LogP contribution in [0.15, 0.2) is 36.4 Å². The first kappa shape index (κ1) is 15.4. The standard InChI is InChI=1S/C17H19F2NO/c1-11-4-5-13(9-17(11)21-3)16(20-2)8-12-6-14(18)10-15(19)7-12/h4-7,9-10,16,20H,8H2,1-3H3. The summed E-state index contributed by atoms with van der Waals surface area (Å²) in [6.07, 6.45) is 0.497. The van der Waals surface area contributed by atoms with Gasteiger partial charge < -0.3 is 10.1 Å². The van der Waals surface area contributed by atoms with Gasteiger partial charge in [-0.15, -0.1) is 0 Å². The fourth-order valence-electron chi connectivity index (χ4n) is 2.40. The first-order chi connectivity index (χ1) is 10.0. The molecule has 0 amide bonds. The third-order valence-corrected chi connectivity index (χ3v) is 3.55. The molecule has 0 heterocycles. The molecule has 1 N–H and O–H groups in total. The minimum atomic E-state index is -0.554. The number of methoxy groups -OCH3 is 1. The van der Waals surface area contributed by atoms with E-state index in [-0.39, 0.29) is 6.04 Å². The third-order valence-electron chi connectivity index (χ3n) is 3.55. The van der Waals surface area contributed by atoms with Crippen molar-refractivity contribution in [1.82, 2.24) is 5.32 Å². The Kier molecular flexibility index (Phi) is 4.91. The molecule has 2 rings (SSSR count). The number of likely N-dealkylation sites (N-methyl/N-ethyl adjacent to an activating group) is 1. The number of aryl methyl sites for hydroxylation is 1. The van der Waals surface area contributed by atoms with E-state index in [1.807, 2.05) is 32.2 Å². The molecule has 0 bridgehead atoms. The first-order valence-electron chi connectivity index (χ1n) is 6.80. The average Bonchev–Trinajstić information content (AvgIpc) is 2.44. The van der Waals surface area contributed by atoms with Crippen LogP contribution in [-0.2, 0) is 6.42 Å². The maximum Gasteiger partial charge on any atom is 0.126 e.